The highest BCUT2D eigenvalue weighted by molar-refractivity contribution is 7.70. The van der Waals surface area contributed by atoms with Crippen LogP contribution in [0, 0.1) is 0 Å². The number of carbonyl (C=O) groups excluding carboxylic acids is 1. The van der Waals surface area contributed by atoms with Crippen LogP contribution in [-0.4, -0.2) is 74.9 Å². The summed E-state index contributed by atoms with van der Waals surface area (Å²) in [5.74, 6) is 0.253. The Balaban J connectivity index is 1.84. The summed E-state index contributed by atoms with van der Waals surface area (Å²) in [5.41, 5.74) is -4.36. The number of hydrogen-bond donors (Lipinski definition) is 3. The molecule has 0 radical (unpaired) electrons. The molecule has 2 aromatic rings. The van der Waals surface area contributed by atoms with Gasteiger partial charge in [-0.3, -0.25) is 23.9 Å². The summed E-state index contributed by atoms with van der Waals surface area (Å²) >= 11 is 0. The van der Waals surface area contributed by atoms with Crippen molar-refractivity contribution in [3.63, 3.8) is 0 Å². The lowest BCUT2D eigenvalue weighted by molar-refractivity contribution is -0.148. The van der Waals surface area contributed by atoms with Gasteiger partial charge in [-0.25, -0.2) is 18.5 Å². The fraction of sp³-hybridized carbons (Fsp3) is 0.478. The van der Waals surface area contributed by atoms with Crippen molar-refractivity contribution in [2.75, 3.05) is 13.3 Å². The molecule has 1 aromatic carbocycles. The van der Waals surface area contributed by atoms with E-state index in [9.17, 15) is 33.6 Å². The van der Waals surface area contributed by atoms with Gasteiger partial charge in [-0.2, -0.15) is 0 Å². The summed E-state index contributed by atoms with van der Waals surface area (Å²) in [7, 11) is -4.29. The molecule has 0 bridgehead atoms. The molecule has 2 heterocycles. The largest absolute Gasteiger partial charge is 0.461 e. The predicted octanol–water partition coefficient (Wildman–Crippen LogP) is 1.15. The molecule has 1 aliphatic heterocycles. The van der Waals surface area contributed by atoms with Crippen molar-refractivity contribution >= 4 is 19.5 Å². The van der Waals surface area contributed by atoms with E-state index >= 15 is 0 Å². The van der Waals surface area contributed by atoms with E-state index in [4.69, 9.17) is 18.5 Å². The number of nitrogens with zero attached hydrogens (tertiary/aromatic N) is 2. The molecule has 3 rings (SSSR count). The molecular weight excluding hydrogens is 528 g/mol. The Hall–Kier alpha value is -3.16. The lowest BCUT2D eigenvalue weighted by Crippen LogP contribution is -2.51. The van der Waals surface area contributed by atoms with Gasteiger partial charge in [0.2, 0.25) is 0 Å². The molecule has 0 spiro atoms. The molecule has 1 aromatic heterocycles. The number of esters is 1. The molecular formula is C23H29FN3O10P. The molecule has 1 fully saturated rings. The maximum absolute atomic E-state index is 13.9. The lowest BCUT2D eigenvalue weighted by atomic mass is 9.95. The zero-order valence-corrected chi connectivity index (χ0v) is 21.7. The van der Waals surface area contributed by atoms with Gasteiger partial charge in [-0.05, 0) is 32.9 Å². The topological polar surface area (TPSA) is 179 Å². The summed E-state index contributed by atoms with van der Waals surface area (Å²) < 4.78 is 49.7. The Kier molecular flexibility index (Phi) is 9.39. The van der Waals surface area contributed by atoms with Crippen LogP contribution >= 0.6 is 7.60 Å². The van der Waals surface area contributed by atoms with Crippen LogP contribution < -0.4 is 15.8 Å². The maximum atomic E-state index is 13.9. The minimum Gasteiger partial charge on any atom is -0.461 e. The van der Waals surface area contributed by atoms with Crippen LogP contribution in [0.4, 0.5) is 4.39 Å². The number of rotatable bonds is 11. The summed E-state index contributed by atoms with van der Waals surface area (Å²) in [6.45, 7) is 2.47. The van der Waals surface area contributed by atoms with Crippen molar-refractivity contribution in [3.8, 4) is 5.75 Å². The Morgan fingerprint density at radius 2 is 1.97 bits per heavy atom. The zero-order valence-electron chi connectivity index (χ0n) is 20.8. The number of para-hydroxylation sites is 1. The first-order valence-electron chi connectivity index (χ1n) is 11.6. The van der Waals surface area contributed by atoms with Crippen molar-refractivity contribution in [2.24, 2.45) is 4.99 Å². The number of carbonyl (C=O) groups is 1. The number of hydrogen-bond acceptors (Lipinski definition) is 11. The number of aromatic amines is 1. The van der Waals surface area contributed by atoms with E-state index in [1.165, 1.54) is 19.1 Å². The number of benzene rings is 1. The Morgan fingerprint density at radius 3 is 2.58 bits per heavy atom. The van der Waals surface area contributed by atoms with E-state index in [0.29, 0.717) is 4.57 Å². The molecule has 15 heteroatoms. The van der Waals surface area contributed by atoms with E-state index in [1.807, 2.05) is 4.98 Å². The lowest BCUT2D eigenvalue weighted by Gasteiger charge is -2.28. The van der Waals surface area contributed by atoms with Gasteiger partial charge in [0.15, 0.2) is 11.8 Å². The van der Waals surface area contributed by atoms with Gasteiger partial charge in [0.25, 0.3) is 5.56 Å². The van der Waals surface area contributed by atoms with Gasteiger partial charge in [0, 0.05) is 12.3 Å². The third-order valence-corrected chi connectivity index (χ3v) is 6.82. The molecule has 0 saturated carbocycles. The van der Waals surface area contributed by atoms with E-state index < -0.39 is 74.3 Å². The molecule has 0 aliphatic carbocycles. The molecule has 1 aliphatic rings. The highest BCUT2D eigenvalue weighted by Crippen LogP contribution is 2.47. The van der Waals surface area contributed by atoms with Crippen LogP contribution in [-0.2, 0) is 23.4 Å². The van der Waals surface area contributed by atoms with Crippen LogP contribution in [0.5, 0.6) is 5.75 Å². The second-order valence-corrected chi connectivity index (χ2v) is 10.5. The fourth-order valence-electron chi connectivity index (χ4n) is 3.48. The monoisotopic (exact) mass is 557 g/mol. The normalized spacial score (nSPS) is 25.8. The Bertz CT molecular complexity index is 1300. The van der Waals surface area contributed by atoms with Crippen LogP contribution in [0.15, 0.2) is 57.2 Å². The number of aliphatic hydroxyl groups is 2. The van der Waals surface area contributed by atoms with Gasteiger partial charge in [-0.15, -0.1) is 0 Å². The molecule has 1 saturated heterocycles. The molecule has 0 amide bonds. The van der Waals surface area contributed by atoms with E-state index in [-0.39, 0.29) is 5.75 Å². The smallest absolute Gasteiger partial charge is 0.421 e. The minimum absolute atomic E-state index is 0.130. The number of aromatic nitrogens is 2. The SMILES string of the molecule is CC(C)OC(=O)[C@H](C)N=CP(=O)(OC[C@H]1O[C@@H](n2ccc(=O)[nH]c2=O)[C@@](O)(CF)[C@@H]1O)Oc1ccccc1. The number of nitrogens with one attached hydrogen (secondary N) is 1. The standard InChI is InChI=1S/C23H29FN3O10P/c1-14(2)35-20(30)15(3)25-13-38(33,37-16-7-5-4-6-8-16)34-11-17-19(29)23(32,12-24)21(36-17)27-10-9-18(28)26-22(27)31/h4-10,13-15,17,19,21,29,32H,11-12H2,1-3H3,(H,26,28,31)/t15-,17+,19+,21+,23+,38?/m0/s1. The third kappa shape index (κ3) is 6.83. The second-order valence-electron chi connectivity index (χ2n) is 8.78. The van der Waals surface area contributed by atoms with E-state index in [2.05, 4.69) is 4.99 Å². The van der Waals surface area contributed by atoms with Crippen LogP contribution in [0.2, 0.25) is 0 Å². The predicted molar refractivity (Wildman–Crippen MR) is 132 cm³/mol. The number of alkyl halides is 1. The molecule has 3 N–H and O–H groups in total. The number of H-pyrrole nitrogens is 1. The van der Waals surface area contributed by atoms with E-state index in [0.717, 1.165) is 18.2 Å². The van der Waals surface area contributed by atoms with Crippen LogP contribution in [0.25, 0.3) is 0 Å². The van der Waals surface area contributed by atoms with Crippen molar-refractivity contribution in [1.29, 1.82) is 0 Å². The first-order valence-corrected chi connectivity index (χ1v) is 13.2. The summed E-state index contributed by atoms with van der Waals surface area (Å²) in [6.07, 6.45) is -4.63. The molecule has 6 atom stereocenters. The molecule has 38 heavy (non-hydrogen) atoms. The number of halogens is 1. The number of aliphatic imine (C=N–C) groups is 1. The van der Waals surface area contributed by atoms with Crippen molar-refractivity contribution in [2.45, 2.75) is 57.0 Å². The summed E-state index contributed by atoms with van der Waals surface area (Å²) in [5, 5.41) is 21.4. The number of ether oxygens (including phenoxy) is 2. The maximum Gasteiger partial charge on any atom is 0.421 e. The zero-order chi connectivity index (χ0) is 28.1. The molecule has 1 unspecified atom stereocenters. The highest BCUT2D eigenvalue weighted by Gasteiger charge is 2.57. The van der Waals surface area contributed by atoms with Gasteiger partial charge in [0.1, 0.15) is 36.6 Å². The van der Waals surface area contributed by atoms with Crippen molar-refractivity contribution < 1.29 is 42.5 Å². The minimum atomic E-state index is -4.29. The average Bonchev–Trinajstić information content (AvgIpc) is 3.12. The molecule has 13 nitrogen and oxygen atoms in total. The van der Waals surface area contributed by atoms with Gasteiger partial charge in [0.05, 0.1) is 12.7 Å². The molecule has 208 valence electrons. The van der Waals surface area contributed by atoms with E-state index in [1.54, 1.807) is 32.0 Å². The van der Waals surface area contributed by atoms with Gasteiger partial charge >= 0.3 is 19.3 Å². The quantitative estimate of drug-likeness (QED) is 0.206. The Morgan fingerprint density at radius 1 is 1.29 bits per heavy atom. The third-order valence-electron chi connectivity index (χ3n) is 5.43. The first kappa shape index (κ1) is 29.4. The fourth-order valence-corrected chi connectivity index (χ4v) is 4.78. The van der Waals surface area contributed by atoms with Crippen LogP contribution in [0.3, 0.4) is 0 Å². The van der Waals surface area contributed by atoms with Gasteiger partial charge in [-0.1, -0.05) is 18.2 Å². The van der Waals surface area contributed by atoms with Crippen LogP contribution in [0.1, 0.15) is 27.0 Å². The summed E-state index contributed by atoms with van der Waals surface area (Å²) in [4.78, 5) is 41.5. The van der Waals surface area contributed by atoms with Crippen molar-refractivity contribution in [3.05, 3.63) is 63.4 Å². The average molecular weight is 557 g/mol. The Labute approximate surface area is 216 Å². The number of aliphatic hydroxyl groups excluding tert-OH is 1. The second kappa shape index (κ2) is 12.1. The summed E-state index contributed by atoms with van der Waals surface area (Å²) in [6, 6.07) is 7.77. The first-order chi connectivity index (χ1) is 17.9. The highest BCUT2D eigenvalue weighted by atomic mass is 31.2. The van der Waals surface area contributed by atoms with Crippen molar-refractivity contribution in [1.82, 2.24) is 9.55 Å². The van der Waals surface area contributed by atoms with Gasteiger partial charge < -0.3 is 24.2 Å².